The van der Waals surface area contributed by atoms with Crippen molar-refractivity contribution >= 4 is 17.4 Å². The number of carbonyl (C=O) groups is 1. The van der Waals surface area contributed by atoms with Crippen molar-refractivity contribution in [1.82, 2.24) is 4.98 Å². The molecule has 26 heavy (non-hydrogen) atoms. The Labute approximate surface area is 154 Å². The molecule has 6 heteroatoms. The smallest absolute Gasteiger partial charge is 0.263 e. The molecule has 0 atom stereocenters. The molecule has 0 unspecified atom stereocenters. The lowest BCUT2D eigenvalue weighted by Gasteiger charge is -2.31. The summed E-state index contributed by atoms with van der Waals surface area (Å²) in [6.45, 7) is 4.34. The van der Waals surface area contributed by atoms with Crippen molar-refractivity contribution in [2.45, 2.75) is 19.8 Å². The monoisotopic (exact) mass is 355 g/mol. The zero-order chi connectivity index (χ0) is 18.5. The molecule has 0 aliphatic carbocycles. The van der Waals surface area contributed by atoms with Crippen LogP contribution in [-0.2, 0) is 0 Å². The Morgan fingerprint density at radius 1 is 1.12 bits per heavy atom. The minimum atomic E-state index is -0.291. The van der Waals surface area contributed by atoms with Gasteiger partial charge in [0, 0.05) is 13.1 Å². The summed E-state index contributed by atoms with van der Waals surface area (Å²) in [5, 5.41) is 2.86. The van der Waals surface area contributed by atoms with Crippen LogP contribution in [0.1, 0.15) is 30.1 Å². The van der Waals surface area contributed by atoms with E-state index in [1.165, 1.54) is 27.1 Å². The summed E-state index contributed by atoms with van der Waals surface area (Å²) in [6, 6.07) is 9.07. The topological polar surface area (TPSA) is 63.7 Å². The van der Waals surface area contributed by atoms with E-state index in [2.05, 4.69) is 22.1 Å². The number of methoxy groups -OCH3 is 2. The summed E-state index contributed by atoms with van der Waals surface area (Å²) in [5.74, 6) is 2.37. The minimum absolute atomic E-state index is 0.291. The van der Waals surface area contributed by atoms with Crippen molar-refractivity contribution in [3.05, 3.63) is 42.1 Å². The van der Waals surface area contributed by atoms with Gasteiger partial charge >= 0.3 is 0 Å². The molecule has 1 aromatic carbocycles. The number of aromatic nitrogens is 1. The van der Waals surface area contributed by atoms with Crippen molar-refractivity contribution in [1.29, 1.82) is 0 Å². The standard InChI is InChI=1S/C20H25N3O3/c1-14-9-11-23(12-10-14)18-8-7-15(13-21-18)22-20(24)19-16(25-2)5-4-6-17(19)26-3/h4-8,13-14H,9-12H2,1-3H3,(H,22,24). The van der Waals surface area contributed by atoms with Gasteiger partial charge < -0.3 is 19.7 Å². The third-order valence-electron chi connectivity index (χ3n) is 4.77. The highest BCUT2D eigenvalue weighted by atomic mass is 16.5. The summed E-state index contributed by atoms with van der Waals surface area (Å²) in [5.41, 5.74) is 1.00. The van der Waals surface area contributed by atoms with Crippen molar-refractivity contribution < 1.29 is 14.3 Å². The number of pyridine rings is 1. The highest BCUT2D eigenvalue weighted by Gasteiger charge is 2.19. The highest BCUT2D eigenvalue weighted by Crippen LogP contribution is 2.29. The van der Waals surface area contributed by atoms with Crippen molar-refractivity contribution in [3.63, 3.8) is 0 Å². The summed E-state index contributed by atoms with van der Waals surface area (Å²) >= 11 is 0. The van der Waals surface area contributed by atoms with Crippen LogP contribution < -0.4 is 19.7 Å². The molecule has 138 valence electrons. The number of anilines is 2. The van der Waals surface area contributed by atoms with Gasteiger partial charge in [0.1, 0.15) is 22.9 Å². The van der Waals surface area contributed by atoms with Gasteiger partial charge in [0.25, 0.3) is 5.91 Å². The molecule has 6 nitrogen and oxygen atoms in total. The molecule has 0 bridgehead atoms. The maximum atomic E-state index is 12.7. The number of amides is 1. The first-order valence-electron chi connectivity index (χ1n) is 8.85. The summed E-state index contributed by atoms with van der Waals surface area (Å²) in [4.78, 5) is 19.5. The molecule has 1 amide bonds. The molecule has 2 aromatic rings. The van der Waals surface area contributed by atoms with Gasteiger partial charge in [0.05, 0.1) is 26.1 Å². The number of carbonyl (C=O) groups excluding carboxylic acids is 1. The molecule has 2 heterocycles. The summed E-state index contributed by atoms with van der Waals surface area (Å²) < 4.78 is 10.6. The second kappa shape index (κ2) is 8.08. The van der Waals surface area contributed by atoms with Crippen LogP contribution in [-0.4, -0.2) is 38.2 Å². The minimum Gasteiger partial charge on any atom is -0.496 e. The molecule has 1 aliphatic rings. The molecule has 1 N–H and O–H groups in total. The molecule has 3 rings (SSSR count). The SMILES string of the molecule is COc1cccc(OC)c1C(=O)Nc1ccc(N2CCC(C)CC2)nc1. The molecular weight excluding hydrogens is 330 g/mol. The number of rotatable bonds is 5. The van der Waals surface area contributed by atoms with Gasteiger partial charge in [-0.05, 0) is 43.0 Å². The zero-order valence-corrected chi connectivity index (χ0v) is 15.5. The quantitative estimate of drug-likeness (QED) is 0.888. The van der Waals surface area contributed by atoms with E-state index in [1.54, 1.807) is 24.4 Å². The van der Waals surface area contributed by atoms with Crippen molar-refractivity contribution in [3.8, 4) is 11.5 Å². The normalized spacial score (nSPS) is 14.8. The maximum Gasteiger partial charge on any atom is 0.263 e. The Balaban J connectivity index is 1.72. The van der Waals surface area contributed by atoms with E-state index in [4.69, 9.17) is 9.47 Å². The van der Waals surface area contributed by atoms with Crippen LogP contribution in [0.15, 0.2) is 36.5 Å². The van der Waals surface area contributed by atoms with Crippen LogP contribution in [0.3, 0.4) is 0 Å². The average molecular weight is 355 g/mol. The van der Waals surface area contributed by atoms with Gasteiger partial charge in [-0.1, -0.05) is 13.0 Å². The second-order valence-corrected chi connectivity index (χ2v) is 6.57. The Morgan fingerprint density at radius 3 is 2.31 bits per heavy atom. The number of hydrogen-bond donors (Lipinski definition) is 1. The maximum absolute atomic E-state index is 12.7. The lowest BCUT2D eigenvalue weighted by molar-refractivity contribution is 0.102. The fraction of sp³-hybridized carbons (Fsp3) is 0.400. The molecule has 1 saturated heterocycles. The van der Waals surface area contributed by atoms with Gasteiger partial charge in [0.2, 0.25) is 0 Å². The number of ether oxygens (including phenoxy) is 2. The zero-order valence-electron chi connectivity index (χ0n) is 15.5. The second-order valence-electron chi connectivity index (χ2n) is 6.57. The number of hydrogen-bond acceptors (Lipinski definition) is 5. The van der Waals surface area contributed by atoms with Crippen LogP contribution in [0.2, 0.25) is 0 Å². The predicted molar refractivity (Wildman–Crippen MR) is 102 cm³/mol. The van der Waals surface area contributed by atoms with Crippen molar-refractivity contribution in [2.75, 3.05) is 37.5 Å². The molecule has 1 fully saturated rings. The fourth-order valence-electron chi connectivity index (χ4n) is 3.15. The first kappa shape index (κ1) is 18.0. The summed E-state index contributed by atoms with van der Waals surface area (Å²) in [6.07, 6.45) is 4.06. The number of nitrogens with one attached hydrogen (secondary N) is 1. The van der Waals surface area contributed by atoms with Gasteiger partial charge in [0.15, 0.2) is 0 Å². The Morgan fingerprint density at radius 2 is 1.77 bits per heavy atom. The van der Waals surface area contributed by atoms with Crippen LogP contribution in [0.5, 0.6) is 11.5 Å². The van der Waals surface area contributed by atoms with Crippen LogP contribution in [0.25, 0.3) is 0 Å². The Bertz CT molecular complexity index is 731. The van der Waals surface area contributed by atoms with E-state index in [-0.39, 0.29) is 5.91 Å². The van der Waals surface area contributed by atoms with Crippen LogP contribution in [0, 0.1) is 5.92 Å². The van der Waals surface area contributed by atoms with Gasteiger partial charge in [-0.15, -0.1) is 0 Å². The fourth-order valence-corrected chi connectivity index (χ4v) is 3.15. The number of piperidine rings is 1. The number of benzene rings is 1. The van der Waals surface area contributed by atoms with E-state index >= 15 is 0 Å². The number of nitrogens with zero attached hydrogens (tertiary/aromatic N) is 2. The van der Waals surface area contributed by atoms with E-state index < -0.39 is 0 Å². The van der Waals surface area contributed by atoms with Gasteiger partial charge in [-0.2, -0.15) is 0 Å². The van der Waals surface area contributed by atoms with E-state index in [1.807, 2.05) is 12.1 Å². The predicted octanol–water partition coefficient (Wildman–Crippen LogP) is 3.59. The Kier molecular flexibility index (Phi) is 5.61. The van der Waals surface area contributed by atoms with Gasteiger partial charge in [-0.3, -0.25) is 4.79 Å². The van der Waals surface area contributed by atoms with E-state index in [0.29, 0.717) is 22.7 Å². The molecule has 0 radical (unpaired) electrons. The van der Waals surface area contributed by atoms with Crippen molar-refractivity contribution in [2.24, 2.45) is 5.92 Å². The lowest BCUT2D eigenvalue weighted by atomic mass is 9.99. The first-order valence-corrected chi connectivity index (χ1v) is 8.85. The Hall–Kier alpha value is -2.76. The third-order valence-corrected chi connectivity index (χ3v) is 4.77. The van der Waals surface area contributed by atoms with E-state index in [0.717, 1.165) is 24.8 Å². The molecule has 1 aromatic heterocycles. The first-order chi connectivity index (χ1) is 12.6. The largest absolute Gasteiger partial charge is 0.496 e. The average Bonchev–Trinajstić information content (AvgIpc) is 2.68. The highest BCUT2D eigenvalue weighted by molar-refractivity contribution is 6.08. The molecule has 1 aliphatic heterocycles. The summed E-state index contributed by atoms with van der Waals surface area (Å²) in [7, 11) is 3.06. The van der Waals surface area contributed by atoms with Crippen LogP contribution in [0.4, 0.5) is 11.5 Å². The third kappa shape index (κ3) is 3.90. The lowest BCUT2D eigenvalue weighted by Crippen LogP contribution is -2.33. The van der Waals surface area contributed by atoms with Gasteiger partial charge in [-0.25, -0.2) is 4.98 Å². The van der Waals surface area contributed by atoms with E-state index in [9.17, 15) is 4.79 Å². The molecule has 0 spiro atoms. The molecular formula is C20H25N3O3. The molecule has 0 saturated carbocycles. The van der Waals surface area contributed by atoms with Crippen LogP contribution >= 0.6 is 0 Å².